The summed E-state index contributed by atoms with van der Waals surface area (Å²) in [6.07, 6.45) is 13.8. The molecule has 0 bridgehead atoms. The lowest BCUT2D eigenvalue weighted by Gasteiger charge is -2.27. The van der Waals surface area contributed by atoms with Crippen molar-refractivity contribution in [3.63, 3.8) is 0 Å². The minimum Gasteiger partial charge on any atom is -0.365 e. The zero-order valence-electron chi connectivity index (χ0n) is 14.1. The molecular formula is C17H32N2O2. The molecule has 21 heavy (non-hydrogen) atoms. The Bertz CT molecular complexity index is 327. The summed E-state index contributed by atoms with van der Waals surface area (Å²) in [6, 6.07) is 0. The highest BCUT2D eigenvalue weighted by Gasteiger charge is 2.40. The Kier molecular flexibility index (Phi) is 8.55. The van der Waals surface area contributed by atoms with Crippen molar-refractivity contribution in [2.75, 3.05) is 0 Å². The molecule has 0 saturated carbocycles. The minimum absolute atomic E-state index is 0.166. The molecule has 0 spiro atoms. The van der Waals surface area contributed by atoms with E-state index in [1.165, 1.54) is 57.8 Å². The fourth-order valence-electron chi connectivity index (χ4n) is 2.88. The van der Waals surface area contributed by atoms with Crippen molar-refractivity contribution >= 4 is 5.91 Å². The van der Waals surface area contributed by atoms with E-state index in [-0.39, 0.29) is 11.3 Å². The van der Waals surface area contributed by atoms with Crippen molar-refractivity contribution < 1.29 is 9.63 Å². The van der Waals surface area contributed by atoms with Crippen LogP contribution in [-0.2, 0) is 9.63 Å². The zero-order valence-corrected chi connectivity index (χ0v) is 14.1. The summed E-state index contributed by atoms with van der Waals surface area (Å²) in [4.78, 5) is 16.6. The van der Waals surface area contributed by atoms with Gasteiger partial charge in [0.05, 0.1) is 0 Å². The fraction of sp³-hybridized carbons (Fsp3) is 0.941. The first-order valence-corrected chi connectivity index (χ1v) is 8.68. The third-order valence-corrected chi connectivity index (χ3v) is 4.40. The van der Waals surface area contributed by atoms with Gasteiger partial charge in [0, 0.05) is 10.7 Å². The third-order valence-electron chi connectivity index (χ3n) is 4.40. The molecule has 0 aromatic carbocycles. The topological polar surface area (TPSA) is 51.0 Å². The lowest BCUT2D eigenvalue weighted by atomic mass is 9.81. The number of hydrogen-bond donors (Lipinski definition) is 0. The average molecular weight is 296 g/mol. The SMILES string of the molecule is CCCCCCCCCCCCC(C)(C)C1ON=NC1=O. The second kappa shape index (κ2) is 9.91. The van der Waals surface area contributed by atoms with Gasteiger partial charge in [-0.2, -0.15) is 0 Å². The predicted molar refractivity (Wildman–Crippen MR) is 85.0 cm³/mol. The summed E-state index contributed by atoms with van der Waals surface area (Å²) in [5, 5.41) is 6.83. The van der Waals surface area contributed by atoms with E-state index in [1.807, 2.05) is 0 Å². The van der Waals surface area contributed by atoms with Gasteiger partial charge in [0.25, 0.3) is 0 Å². The number of nitrogens with zero attached hydrogens (tertiary/aromatic N) is 2. The zero-order chi connectivity index (χ0) is 15.6. The molecule has 0 fully saturated rings. The van der Waals surface area contributed by atoms with Crippen LogP contribution in [0.5, 0.6) is 0 Å². The molecule has 4 heteroatoms. The van der Waals surface area contributed by atoms with E-state index in [4.69, 9.17) is 4.84 Å². The van der Waals surface area contributed by atoms with Crippen LogP contribution in [0.1, 0.15) is 91.4 Å². The van der Waals surface area contributed by atoms with Gasteiger partial charge in [0.2, 0.25) is 6.10 Å². The van der Waals surface area contributed by atoms with E-state index >= 15 is 0 Å². The maximum Gasteiger partial charge on any atom is 0.311 e. The highest BCUT2D eigenvalue weighted by molar-refractivity contribution is 5.82. The van der Waals surface area contributed by atoms with Gasteiger partial charge in [0.1, 0.15) is 0 Å². The summed E-state index contributed by atoms with van der Waals surface area (Å²) < 4.78 is 0. The van der Waals surface area contributed by atoms with E-state index in [0.29, 0.717) is 0 Å². The maximum atomic E-state index is 11.5. The van der Waals surface area contributed by atoms with Crippen molar-refractivity contribution in [2.45, 2.75) is 97.5 Å². The number of carbonyl (C=O) groups is 1. The molecule has 1 aliphatic heterocycles. The first-order chi connectivity index (χ1) is 10.1. The van der Waals surface area contributed by atoms with E-state index in [0.717, 1.165) is 12.8 Å². The van der Waals surface area contributed by atoms with Gasteiger partial charge in [0.15, 0.2) is 0 Å². The van der Waals surface area contributed by atoms with Crippen LogP contribution in [0, 0.1) is 5.41 Å². The van der Waals surface area contributed by atoms with Crippen molar-refractivity contribution in [1.82, 2.24) is 0 Å². The molecule has 122 valence electrons. The number of rotatable bonds is 12. The molecule has 0 N–H and O–H groups in total. The monoisotopic (exact) mass is 296 g/mol. The molecule has 1 atom stereocenters. The van der Waals surface area contributed by atoms with Gasteiger partial charge >= 0.3 is 5.91 Å². The Balaban J connectivity index is 1.97. The van der Waals surface area contributed by atoms with Gasteiger partial charge < -0.3 is 4.84 Å². The normalized spacial score (nSPS) is 18.2. The van der Waals surface area contributed by atoms with Crippen molar-refractivity contribution in [2.24, 2.45) is 15.8 Å². The van der Waals surface area contributed by atoms with Crippen molar-refractivity contribution in [3.8, 4) is 0 Å². The summed E-state index contributed by atoms with van der Waals surface area (Å²) in [5.74, 6) is -0.230. The summed E-state index contributed by atoms with van der Waals surface area (Å²) >= 11 is 0. The highest BCUT2D eigenvalue weighted by Crippen LogP contribution is 2.33. The molecule has 0 saturated heterocycles. The molecule has 0 aliphatic carbocycles. The Labute approximate surface area is 129 Å². The van der Waals surface area contributed by atoms with Gasteiger partial charge in [-0.15, -0.1) is 0 Å². The number of amides is 1. The number of hydrogen-bond acceptors (Lipinski definition) is 3. The van der Waals surface area contributed by atoms with E-state index in [2.05, 4.69) is 31.2 Å². The molecule has 1 heterocycles. The first-order valence-electron chi connectivity index (χ1n) is 8.68. The molecule has 1 unspecified atom stereocenters. The third kappa shape index (κ3) is 7.05. The van der Waals surface area contributed by atoms with Crippen LogP contribution in [-0.4, -0.2) is 12.0 Å². The van der Waals surface area contributed by atoms with Crippen LogP contribution < -0.4 is 0 Å². The summed E-state index contributed by atoms with van der Waals surface area (Å²) in [7, 11) is 0. The highest BCUT2D eigenvalue weighted by atomic mass is 16.7. The van der Waals surface area contributed by atoms with Crippen LogP contribution in [0.3, 0.4) is 0 Å². The second-order valence-corrected chi connectivity index (χ2v) is 6.93. The minimum atomic E-state index is -0.476. The van der Waals surface area contributed by atoms with Gasteiger partial charge in [-0.3, -0.25) is 4.79 Å². The fourth-order valence-corrected chi connectivity index (χ4v) is 2.88. The quantitative estimate of drug-likeness (QED) is 0.439. The number of unbranched alkanes of at least 4 members (excludes halogenated alkanes) is 9. The predicted octanol–water partition coefficient (Wildman–Crippen LogP) is 5.62. The summed E-state index contributed by atoms with van der Waals surface area (Å²) in [5.41, 5.74) is -0.166. The van der Waals surface area contributed by atoms with Gasteiger partial charge in [-0.05, 0) is 6.42 Å². The molecular weight excluding hydrogens is 264 g/mol. The maximum absolute atomic E-state index is 11.5. The Hall–Kier alpha value is -0.930. The standard InChI is InChI=1S/C17H32N2O2/c1-4-5-6-7-8-9-10-11-12-13-14-17(2,3)15-16(20)18-19-21-15/h15H,4-14H2,1-3H3. The molecule has 1 aliphatic rings. The van der Waals surface area contributed by atoms with E-state index < -0.39 is 6.10 Å². The summed E-state index contributed by atoms with van der Waals surface area (Å²) in [6.45, 7) is 6.40. The number of carbonyl (C=O) groups excluding carboxylic acids is 1. The Morgan fingerprint density at radius 1 is 0.952 bits per heavy atom. The smallest absolute Gasteiger partial charge is 0.311 e. The molecule has 4 nitrogen and oxygen atoms in total. The molecule has 0 radical (unpaired) electrons. The van der Waals surface area contributed by atoms with Crippen molar-refractivity contribution in [3.05, 3.63) is 0 Å². The van der Waals surface area contributed by atoms with Gasteiger partial charge in [-0.1, -0.05) is 90.1 Å². The molecule has 1 rings (SSSR count). The van der Waals surface area contributed by atoms with Crippen LogP contribution in [0.25, 0.3) is 0 Å². The molecule has 0 aromatic rings. The van der Waals surface area contributed by atoms with Crippen LogP contribution >= 0.6 is 0 Å². The molecule has 0 aromatic heterocycles. The first kappa shape index (κ1) is 18.1. The second-order valence-electron chi connectivity index (χ2n) is 6.93. The average Bonchev–Trinajstić information content (AvgIpc) is 2.88. The lowest BCUT2D eigenvalue weighted by molar-refractivity contribution is -0.130. The van der Waals surface area contributed by atoms with E-state index in [1.54, 1.807) is 0 Å². The van der Waals surface area contributed by atoms with E-state index in [9.17, 15) is 4.79 Å². The van der Waals surface area contributed by atoms with Crippen molar-refractivity contribution in [1.29, 1.82) is 0 Å². The van der Waals surface area contributed by atoms with Gasteiger partial charge in [-0.25, -0.2) is 0 Å². The van der Waals surface area contributed by atoms with Crippen LogP contribution in [0.4, 0.5) is 0 Å². The largest absolute Gasteiger partial charge is 0.365 e. The Morgan fingerprint density at radius 2 is 1.48 bits per heavy atom. The molecule has 1 amide bonds. The van der Waals surface area contributed by atoms with Crippen LogP contribution in [0.2, 0.25) is 0 Å². The van der Waals surface area contributed by atoms with Crippen LogP contribution in [0.15, 0.2) is 10.4 Å². The lowest BCUT2D eigenvalue weighted by Crippen LogP contribution is -2.34. The Morgan fingerprint density at radius 3 is 1.95 bits per heavy atom.